The molecule has 0 fully saturated rings. The first-order valence-electron chi connectivity index (χ1n) is 5.41. The fraction of sp³-hybridized carbons (Fsp3) is 0.417. The molecule has 0 bridgehead atoms. The van der Waals surface area contributed by atoms with E-state index in [2.05, 4.69) is 0 Å². The molecule has 0 saturated heterocycles. The van der Waals surface area contributed by atoms with Crippen molar-refractivity contribution >= 4 is 5.97 Å². The maximum Gasteiger partial charge on any atom is 0.312 e. The summed E-state index contributed by atoms with van der Waals surface area (Å²) < 4.78 is 0. The number of phenolic OH excluding ortho intramolecular Hbond substituents is 1. The van der Waals surface area contributed by atoms with Crippen LogP contribution >= 0.6 is 0 Å². The molecular formula is C12H15NO3. The summed E-state index contributed by atoms with van der Waals surface area (Å²) in [6.45, 7) is 0.00167. The van der Waals surface area contributed by atoms with Crippen molar-refractivity contribution in [2.75, 3.05) is 6.54 Å². The Morgan fingerprint density at radius 2 is 2.19 bits per heavy atom. The van der Waals surface area contributed by atoms with E-state index in [9.17, 15) is 9.90 Å². The number of benzene rings is 1. The molecular weight excluding hydrogens is 206 g/mol. The molecule has 0 heterocycles. The summed E-state index contributed by atoms with van der Waals surface area (Å²) >= 11 is 0. The molecule has 86 valence electrons. The van der Waals surface area contributed by atoms with Crippen molar-refractivity contribution in [3.8, 4) is 5.75 Å². The van der Waals surface area contributed by atoms with Crippen molar-refractivity contribution in [1.29, 1.82) is 0 Å². The van der Waals surface area contributed by atoms with Crippen molar-refractivity contribution < 1.29 is 15.0 Å². The topological polar surface area (TPSA) is 83.6 Å². The summed E-state index contributed by atoms with van der Waals surface area (Å²) in [7, 11) is 0. The van der Waals surface area contributed by atoms with Crippen LogP contribution in [-0.2, 0) is 17.6 Å². The molecule has 16 heavy (non-hydrogen) atoms. The Bertz CT molecular complexity index is 429. The van der Waals surface area contributed by atoms with E-state index < -0.39 is 11.9 Å². The summed E-state index contributed by atoms with van der Waals surface area (Å²) in [5, 5.41) is 19.0. The fourth-order valence-corrected chi connectivity index (χ4v) is 2.31. The molecule has 0 amide bonds. The molecule has 2 rings (SSSR count). The summed E-state index contributed by atoms with van der Waals surface area (Å²) in [5.41, 5.74) is 7.90. The van der Waals surface area contributed by atoms with E-state index in [0.717, 1.165) is 30.4 Å². The van der Waals surface area contributed by atoms with Gasteiger partial charge in [0.2, 0.25) is 0 Å². The lowest BCUT2D eigenvalue weighted by Gasteiger charge is -2.14. The number of nitrogens with two attached hydrogens (primary N) is 1. The smallest absolute Gasteiger partial charge is 0.312 e. The largest absolute Gasteiger partial charge is 0.507 e. The average Bonchev–Trinajstić information content (AvgIpc) is 2.70. The minimum absolute atomic E-state index is 0.00167. The van der Waals surface area contributed by atoms with Crippen LogP contribution in [0.2, 0.25) is 0 Å². The van der Waals surface area contributed by atoms with Crippen molar-refractivity contribution in [2.24, 2.45) is 5.73 Å². The third kappa shape index (κ3) is 1.65. The van der Waals surface area contributed by atoms with Crippen molar-refractivity contribution in [3.05, 3.63) is 28.8 Å². The van der Waals surface area contributed by atoms with Crippen molar-refractivity contribution in [1.82, 2.24) is 0 Å². The second-order valence-corrected chi connectivity index (χ2v) is 4.12. The number of carboxylic acid groups (broad SMARTS) is 1. The van der Waals surface area contributed by atoms with Crippen molar-refractivity contribution in [3.63, 3.8) is 0 Å². The van der Waals surface area contributed by atoms with E-state index in [-0.39, 0.29) is 12.3 Å². The third-order valence-corrected chi connectivity index (χ3v) is 3.19. The van der Waals surface area contributed by atoms with Gasteiger partial charge in [0.1, 0.15) is 5.75 Å². The van der Waals surface area contributed by atoms with Gasteiger partial charge in [-0.3, -0.25) is 4.79 Å². The Morgan fingerprint density at radius 3 is 2.81 bits per heavy atom. The van der Waals surface area contributed by atoms with Gasteiger partial charge in [-0.05, 0) is 30.4 Å². The fourth-order valence-electron chi connectivity index (χ4n) is 2.31. The van der Waals surface area contributed by atoms with Crippen LogP contribution in [0.5, 0.6) is 5.75 Å². The molecule has 1 aromatic carbocycles. The molecule has 4 heteroatoms. The van der Waals surface area contributed by atoms with Gasteiger partial charge in [-0.25, -0.2) is 0 Å². The lowest BCUT2D eigenvalue weighted by atomic mass is 9.94. The minimum atomic E-state index is -0.990. The molecule has 1 aromatic rings. The number of rotatable bonds is 3. The highest BCUT2D eigenvalue weighted by Gasteiger charge is 2.25. The summed E-state index contributed by atoms with van der Waals surface area (Å²) in [6, 6.07) is 3.59. The number of hydrogen-bond donors (Lipinski definition) is 3. The second kappa shape index (κ2) is 4.14. The monoisotopic (exact) mass is 221 g/mol. The molecule has 0 aliphatic heterocycles. The van der Waals surface area contributed by atoms with Crippen LogP contribution in [0.4, 0.5) is 0 Å². The zero-order valence-electron chi connectivity index (χ0n) is 8.94. The Balaban J connectivity index is 2.46. The van der Waals surface area contributed by atoms with Crippen LogP contribution < -0.4 is 5.73 Å². The highest BCUT2D eigenvalue weighted by atomic mass is 16.4. The zero-order chi connectivity index (χ0) is 11.7. The highest BCUT2D eigenvalue weighted by molar-refractivity contribution is 5.78. The number of aromatic hydroxyl groups is 1. The van der Waals surface area contributed by atoms with E-state index in [1.165, 1.54) is 0 Å². The van der Waals surface area contributed by atoms with Gasteiger partial charge in [0.15, 0.2) is 0 Å². The minimum Gasteiger partial charge on any atom is -0.507 e. The normalized spacial score (nSPS) is 15.8. The van der Waals surface area contributed by atoms with Gasteiger partial charge < -0.3 is 15.9 Å². The zero-order valence-corrected chi connectivity index (χ0v) is 8.94. The Kier molecular flexibility index (Phi) is 2.83. The van der Waals surface area contributed by atoms with E-state index in [1.807, 2.05) is 6.07 Å². The maximum absolute atomic E-state index is 11.0. The van der Waals surface area contributed by atoms with Gasteiger partial charge in [0, 0.05) is 12.1 Å². The Labute approximate surface area is 93.7 Å². The standard InChI is InChI=1S/C12H15NO3/c13-6-10(12(15)16)9-5-4-7-2-1-3-8(7)11(9)14/h4-5,10,14H,1-3,6,13H2,(H,15,16). The van der Waals surface area contributed by atoms with E-state index in [0.29, 0.717) is 5.56 Å². The Hall–Kier alpha value is -1.55. The highest BCUT2D eigenvalue weighted by Crippen LogP contribution is 2.36. The van der Waals surface area contributed by atoms with Crippen LogP contribution in [0.15, 0.2) is 12.1 Å². The molecule has 0 saturated carbocycles. The van der Waals surface area contributed by atoms with Gasteiger partial charge in [-0.1, -0.05) is 12.1 Å². The molecule has 4 nitrogen and oxygen atoms in total. The van der Waals surface area contributed by atoms with E-state index in [4.69, 9.17) is 10.8 Å². The lowest BCUT2D eigenvalue weighted by molar-refractivity contribution is -0.138. The van der Waals surface area contributed by atoms with Gasteiger partial charge in [0.05, 0.1) is 5.92 Å². The molecule has 1 aliphatic rings. The third-order valence-electron chi connectivity index (χ3n) is 3.19. The molecule has 4 N–H and O–H groups in total. The number of fused-ring (bicyclic) bond motifs is 1. The number of hydrogen-bond acceptors (Lipinski definition) is 3. The van der Waals surface area contributed by atoms with Gasteiger partial charge in [0.25, 0.3) is 0 Å². The second-order valence-electron chi connectivity index (χ2n) is 4.12. The maximum atomic E-state index is 11.0. The summed E-state index contributed by atoms with van der Waals surface area (Å²) in [5.74, 6) is -1.67. The van der Waals surface area contributed by atoms with Crippen LogP contribution in [0.1, 0.15) is 29.0 Å². The molecule has 0 spiro atoms. The summed E-state index contributed by atoms with van der Waals surface area (Å²) in [4.78, 5) is 11.0. The molecule has 1 aliphatic carbocycles. The van der Waals surface area contributed by atoms with Crippen molar-refractivity contribution in [2.45, 2.75) is 25.2 Å². The van der Waals surface area contributed by atoms with Crippen LogP contribution in [0.3, 0.4) is 0 Å². The molecule has 0 aromatic heterocycles. The van der Waals surface area contributed by atoms with E-state index >= 15 is 0 Å². The van der Waals surface area contributed by atoms with Gasteiger partial charge in [-0.2, -0.15) is 0 Å². The predicted molar refractivity (Wildman–Crippen MR) is 59.6 cm³/mol. The van der Waals surface area contributed by atoms with Crippen LogP contribution in [-0.4, -0.2) is 22.7 Å². The first-order valence-corrected chi connectivity index (χ1v) is 5.41. The number of carbonyl (C=O) groups is 1. The van der Waals surface area contributed by atoms with Crippen LogP contribution in [0, 0.1) is 0 Å². The first kappa shape index (κ1) is 11.0. The number of aryl methyl sites for hydroxylation is 1. The van der Waals surface area contributed by atoms with Crippen LogP contribution in [0.25, 0.3) is 0 Å². The quantitative estimate of drug-likeness (QED) is 0.711. The van der Waals surface area contributed by atoms with E-state index in [1.54, 1.807) is 6.07 Å². The average molecular weight is 221 g/mol. The number of carboxylic acids is 1. The Morgan fingerprint density at radius 1 is 1.44 bits per heavy atom. The first-order chi connectivity index (χ1) is 7.65. The molecule has 0 radical (unpaired) electrons. The number of aliphatic carboxylic acids is 1. The molecule has 1 atom stereocenters. The number of phenols is 1. The lowest BCUT2D eigenvalue weighted by Crippen LogP contribution is -2.21. The van der Waals surface area contributed by atoms with Gasteiger partial charge in [-0.15, -0.1) is 0 Å². The summed E-state index contributed by atoms with van der Waals surface area (Å²) in [6.07, 6.45) is 2.81. The predicted octanol–water partition coefficient (Wildman–Crippen LogP) is 1.01. The van der Waals surface area contributed by atoms with Gasteiger partial charge >= 0.3 is 5.97 Å². The molecule has 1 unspecified atom stereocenters. The SMILES string of the molecule is NCC(C(=O)O)c1ccc2c(c1O)CCC2.